The third kappa shape index (κ3) is 3.18. The Morgan fingerprint density at radius 2 is 2.08 bits per heavy atom. The van der Waals surface area contributed by atoms with Gasteiger partial charge in [0.05, 0.1) is 31.7 Å². The number of aromatic nitrogens is 3. The number of amides is 1. The van der Waals surface area contributed by atoms with E-state index in [1.54, 1.807) is 47.4 Å². The second kappa shape index (κ2) is 6.64. The van der Waals surface area contributed by atoms with Crippen LogP contribution in [-0.2, 0) is 7.05 Å². The zero-order chi connectivity index (χ0) is 18.1. The molecule has 1 aliphatic heterocycles. The van der Waals surface area contributed by atoms with E-state index in [1.807, 2.05) is 12.1 Å². The molecule has 0 unspecified atom stereocenters. The van der Waals surface area contributed by atoms with Crippen LogP contribution in [0.2, 0.25) is 0 Å². The van der Waals surface area contributed by atoms with Crippen molar-refractivity contribution in [2.75, 3.05) is 13.1 Å². The summed E-state index contributed by atoms with van der Waals surface area (Å²) in [5.41, 5.74) is 1.39. The molecule has 1 amide bonds. The van der Waals surface area contributed by atoms with Gasteiger partial charge in [0.25, 0.3) is 5.91 Å². The second-order valence-corrected chi connectivity index (χ2v) is 6.23. The molecular formula is C18H18N4O4. The van der Waals surface area contributed by atoms with Crippen molar-refractivity contribution in [3.05, 3.63) is 54.8 Å². The Labute approximate surface area is 149 Å². The number of benzene rings is 1. The molecule has 3 aromatic rings. The molecule has 0 aliphatic carbocycles. The Morgan fingerprint density at radius 1 is 1.27 bits per heavy atom. The van der Waals surface area contributed by atoms with Gasteiger partial charge in [-0.1, -0.05) is 12.1 Å². The number of oxazole rings is 1. The lowest BCUT2D eigenvalue weighted by atomic mass is 10.1. The van der Waals surface area contributed by atoms with E-state index in [0.29, 0.717) is 23.6 Å². The van der Waals surface area contributed by atoms with Crippen LogP contribution in [0.15, 0.2) is 53.7 Å². The summed E-state index contributed by atoms with van der Waals surface area (Å²) >= 11 is 0. The molecule has 1 fully saturated rings. The van der Waals surface area contributed by atoms with E-state index >= 15 is 0 Å². The van der Waals surface area contributed by atoms with E-state index in [2.05, 4.69) is 10.1 Å². The molecule has 4 rings (SSSR count). The van der Waals surface area contributed by atoms with Crippen molar-refractivity contribution in [3.63, 3.8) is 0 Å². The maximum atomic E-state index is 12.7. The predicted molar refractivity (Wildman–Crippen MR) is 91.5 cm³/mol. The molecule has 26 heavy (non-hydrogen) atoms. The van der Waals surface area contributed by atoms with Crippen LogP contribution >= 0.6 is 0 Å². The minimum Gasteiger partial charge on any atom is -0.482 e. The first-order valence-electron chi connectivity index (χ1n) is 8.22. The highest BCUT2D eigenvalue weighted by molar-refractivity contribution is 5.95. The van der Waals surface area contributed by atoms with Crippen molar-refractivity contribution in [2.45, 2.75) is 12.2 Å². The zero-order valence-corrected chi connectivity index (χ0v) is 14.1. The number of nitrogens with zero attached hydrogens (tertiary/aromatic N) is 4. The number of β-amino-alcohol motifs (C(OH)–C–C–N with tert-alkyl or cyclic N) is 1. The number of carbonyl (C=O) groups excluding carboxylic acids is 1. The lowest BCUT2D eigenvalue weighted by Gasteiger charge is -2.16. The molecule has 1 N–H and O–H groups in total. The predicted octanol–water partition coefficient (Wildman–Crippen LogP) is 1.34. The second-order valence-electron chi connectivity index (χ2n) is 6.23. The third-order valence-electron chi connectivity index (χ3n) is 4.34. The molecule has 0 spiro atoms. The molecule has 0 radical (unpaired) electrons. The summed E-state index contributed by atoms with van der Waals surface area (Å²) in [5.74, 6) is 1.07. The molecule has 2 aromatic heterocycles. The van der Waals surface area contributed by atoms with Gasteiger partial charge < -0.3 is 19.2 Å². The van der Waals surface area contributed by atoms with Crippen molar-refractivity contribution in [3.8, 4) is 17.1 Å². The Bertz CT molecular complexity index is 888. The highest BCUT2D eigenvalue weighted by Crippen LogP contribution is 2.22. The number of aliphatic hydroxyl groups excluding tert-OH is 1. The monoisotopic (exact) mass is 354 g/mol. The average Bonchev–Trinajstić information content (AvgIpc) is 3.38. The van der Waals surface area contributed by atoms with Crippen LogP contribution in [0.25, 0.3) is 11.3 Å². The van der Waals surface area contributed by atoms with Crippen LogP contribution in [0.1, 0.15) is 10.4 Å². The van der Waals surface area contributed by atoms with E-state index in [9.17, 15) is 9.90 Å². The van der Waals surface area contributed by atoms with Crippen LogP contribution in [-0.4, -0.2) is 56.0 Å². The Morgan fingerprint density at radius 3 is 2.73 bits per heavy atom. The molecule has 0 bridgehead atoms. The van der Waals surface area contributed by atoms with Gasteiger partial charge in [-0.25, -0.2) is 4.98 Å². The number of aryl methyl sites for hydroxylation is 1. The molecule has 2 atom stereocenters. The number of rotatable bonds is 4. The topological polar surface area (TPSA) is 93.6 Å². The van der Waals surface area contributed by atoms with Gasteiger partial charge >= 0.3 is 0 Å². The molecule has 8 nitrogen and oxygen atoms in total. The van der Waals surface area contributed by atoms with Crippen molar-refractivity contribution in [1.29, 1.82) is 0 Å². The first-order chi connectivity index (χ1) is 12.6. The van der Waals surface area contributed by atoms with Gasteiger partial charge in [0.2, 0.25) is 0 Å². The van der Waals surface area contributed by atoms with E-state index in [1.165, 1.54) is 6.39 Å². The largest absolute Gasteiger partial charge is 0.482 e. The average molecular weight is 354 g/mol. The molecule has 8 heteroatoms. The van der Waals surface area contributed by atoms with Crippen LogP contribution in [0.4, 0.5) is 0 Å². The highest BCUT2D eigenvalue weighted by Gasteiger charge is 2.36. The summed E-state index contributed by atoms with van der Waals surface area (Å²) in [6, 6.07) is 7.09. The highest BCUT2D eigenvalue weighted by atomic mass is 16.5. The van der Waals surface area contributed by atoms with E-state index in [0.717, 1.165) is 5.56 Å². The summed E-state index contributed by atoms with van der Waals surface area (Å²) in [6.45, 7) is 0.548. The van der Waals surface area contributed by atoms with Crippen molar-refractivity contribution in [1.82, 2.24) is 19.7 Å². The number of ether oxygens (including phenoxy) is 1. The summed E-state index contributed by atoms with van der Waals surface area (Å²) in [6.07, 6.45) is 5.07. The fourth-order valence-electron chi connectivity index (χ4n) is 2.99. The zero-order valence-electron chi connectivity index (χ0n) is 14.1. The van der Waals surface area contributed by atoms with Gasteiger partial charge in [0.15, 0.2) is 17.9 Å². The minimum atomic E-state index is -0.743. The fourth-order valence-corrected chi connectivity index (χ4v) is 2.99. The maximum absolute atomic E-state index is 12.7. The van der Waals surface area contributed by atoms with Crippen molar-refractivity contribution < 1.29 is 19.1 Å². The van der Waals surface area contributed by atoms with Gasteiger partial charge in [0, 0.05) is 18.2 Å². The lowest BCUT2D eigenvalue weighted by Crippen LogP contribution is -2.31. The molecule has 134 valence electrons. The van der Waals surface area contributed by atoms with E-state index < -0.39 is 12.2 Å². The SMILES string of the molecule is Cn1cc(O[C@@H]2CN(C(=O)c3ccc(-c4cnco4)cc3)C[C@H]2O)cn1. The number of aliphatic hydroxyl groups is 1. The number of hydrogen-bond acceptors (Lipinski definition) is 6. The normalized spacial score (nSPS) is 19.7. The van der Waals surface area contributed by atoms with E-state index in [4.69, 9.17) is 9.15 Å². The summed E-state index contributed by atoms with van der Waals surface area (Å²) in [4.78, 5) is 18.2. The molecule has 1 aliphatic rings. The quantitative estimate of drug-likeness (QED) is 0.760. The van der Waals surface area contributed by atoms with Gasteiger partial charge in [-0.2, -0.15) is 5.10 Å². The van der Waals surface area contributed by atoms with Crippen LogP contribution in [0.3, 0.4) is 0 Å². The van der Waals surface area contributed by atoms with Crippen LogP contribution < -0.4 is 4.74 Å². The third-order valence-corrected chi connectivity index (χ3v) is 4.34. The number of likely N-dealkylation sites (tertiary alicyclic amines) is 1. The van der Waals surface area contributed by atoms with Gasteiger partial charge in [-0.3, -0.25) is 9.48 Å². The van der Waals surface area contributed by atoms with Crippen LogP contribution in [0, 0.1) is 0 Å². The van der Waals surface area contributed by atoms with Crippen molar-refractivity contribution in [2.24, 2.45) is 7.05 Å². The number of carbonyl (C=O) groups is 1. The molecule has 1 saturated heterocycles. The van der Waals surface area contributed by atoms with Gasteiger partial charge in [-0.05, 0) is 12.1 Å². The van der Waals surface area contributed by atoms with Crippen molar-refractivity contribution >= 4 is 5.91 Å². The first-order valence-corrected chi connectivity index (χ1v) is 8.22. The minimum absolute atomic E-state index is 0.148. The summed E-state index contributed by atoms with van der Waals surface area (Å²) in [7, 11) is 1.79. The maximum Gasteiger partial charge on any atom is 0.254 e. The van der Waals surface area contributed by atoms with E-state index in [-0.39, 0.29) is 12.5 Å². The lowest BCUT2D eigenvalue weighted by molar-refractivity contribution is 0.0729. The van der Waals surface area contributed by atoms with Gasteiger partial charge in [-0.15, -0.1) is 0 Å². The van der Waals surface area contributed by atoms with Crippen LogP contribution in [0.5, 0.6) is 5.75 Å². The Balaban J connectivity index is 1.43. The summed E-state index contributed by atoms with van der Waals surface area (Å²) in [5, 5.41) is 14.3. The fraction of sp³-hybridized carbons (Fsp3) is 0.278. The molecular weight excluding hydrogens is 336 g/mol. The Kier molecular flexibility index (Phi) is 4.18. The molecule has 1 aromatic carbocycles. The Hall–Kier alpha value is -3.13. The summed E-state index contributed by atoms with van der Waals surface area (Å²) < 4.78 is 12.6. The smallest absolute Gasteiger partial charge is 0.254 e. The molecule has 0 saturated carbocycles. The van der Waals surface area contributed by atoms with Gasteiger partial charge in [0.1, 0.15) is 12.2 Å². The standard InChI is InChI=1S/C18H18N4O4/c1-21-8-14(6-20-21)26-17-10-22(9-15(17)23)18(24)13-4-2-12(3-5-13)16-7-19-11-25-16/h2-8,11,15,17,23H,9-10H2,1H3/t15-,17-/m1/s1. The molecule has 3 heterocycles. The number of hydrogen-bond donors (Lipinski definition) is 1. The first kappa shape index (κ1) is 16.3.